The summed E-state index contributed by atoms with van der Waals surface area (Å²) >= 11 is 0. The molecule has 0 unspecified atom stereocenters. The molecule has 0 aromatic carbocycles. The van der Waals surface area contributed by atoms with E-state index in [-0.39, 0.29) is 18.2 Å². The van der Waals surface area contributed by atoms with E-state index < -0.39 is 17.3 Å². The summed E-state index contributed by atoms with van der Waals surface area (Å²) in [6.07, 6.45) is -4.08. The number of hydrogen-bond donors (Lipinski definition) is 3. The molecule has 7 heteroatoms. The van der Waals surface area contributed by atoms with E-state index in [0.717, 1.165) is 12.1 Å². The van der Waals surface area contributed by atoms with E-state index in [1.807, 2.05) is 0 Å². The van der Waals surface area contributed by atoms with Gasteiger partial charge in [-0.15, -0.1) is 0 Å². The van der Waals surface area contributed by atoms with Gasteiger partial charge in [0.05, 0.1) is 5.56 Å². The fourth-order valence-electron chi connectivity index (χ4n) is 1.47. The summed E-state index contributed by atoms with van der Waals surface area (Å²) in [5, 5.41) is 11.7. The van der Waals surface area contributed by atoms with Crippen LogP contribution < -0.4 is 11.1 Å². The van der Waals surface area contributed by atoms with Crippen LogP contribution in [0.2, 0.25) is 0 Å². The molecule has 1 aromatic heterocycles. The van der Waals surface area contributed by atoms with Gasteiger partial charge < -0.3 is 16.2 Å². The number of nitrogens with two attached hydrogens (primary N) is 1. The Labute approximate surface area is 103 Å². The predicted molar refractivity (Wildman–Crippen MR) is 63.1 cm³/mol. The highest BCUT2D eigenvalue weighted by atomic mass is 19.4. The van der Waals surface area contributed by atoms with E-state index >= 15 is 0 Å². The highest BCUT2D eigenvalue weighted by Crippen LogP contribution is 2.32. The fourth-order valence-corrected chi connectivity index (χ4v) is 1.47. The van der Waals surface area contributed by atoms with Crippen LogP contribution >= 0.6 is 0 Å². The average Bonchev–Trinajstić information content (AvgIpc) is 2.13. The van der Waals surface area contributed by atoms with Gasteiger partial charge in [0.1, 0.15) is 11.6 Å². The smallest absolute Gasteiger partial charge is 0.396 e. The molecule has 0 atom stereocenters. The van der Waals surface area contributed by atoms with Crippen molar-refractivity contribution in [2.75, 3.05) is 17.7 Å². The molecule has 18 heavy (non-hydrogen) atoms. The van der Waals surface area contributed by atoms with Crippen molar-refractivity contribution in [1.82, 2.24) is 4.98 Å². The lowest BCUT2D eigenvalue weighted by Crippen LogP contribution is -2.32. The number of nitrogens with one attached hydrogen (secondary N) is 1. The molecule has 1 heterocycles. The molecule has 0 bridgehead atoms. The number of nitrogen functional groups attached to an aromatic ring is 1. The van der Waals surface area contributed by atoms with Crippen LogP contribution in [0.1, 0.15) is 25.8 Å². The van der Waals surface area contributed by atoms with Gasteiger partial charge in [-0.2, -0.15) is 13.2 Å². The van der Waals surface area contributed by atoms with Crippen molar-refractivity contribution in [1.29, 1.82) is 0 Å². The molecule has 4 N–H and O–H groups in total. The number of pyridine rings is 1. The second-order valence-corrected chi connectivity index (χ2v) is 4.65. The van der Waals surface area contributed by atoms with Crippen molar-refractivity contribution < 1.29 is 18.3 Å². The van der Waals surface area contributed by atoms with E-state index in [1.165, 1.54) is 0 Å². The molecule has 102 valence electrons. The van der Waals surface area contributed by atoms with Crippen LogP contribution in [-0.4, -0.2) is 22.2 Å². The summed E-state index contributed by atoms with van der Waals surface area (Å²) < 4.78 is 37.7. The average molecular weight is 263 g/mol. The second kappa shape index (κ2) is 5.01. The van der Waals surface area contributed by atoms with Gasteiger partial charge in [-0.1, -0.05) is 0 Å². The molecule has 0 aliphatic carbocycles. The van der Waals surface area contributed by atoms with E-state index in [4.69, 9.17) is 10.8 Å². The van der Waals surface area contributed by atoms with E-state index in [1.54, 1.807) is 13.8 Å². The van der Waals surface area contributed by atoms with Gasteiger partial charge >= 0.3 is 6.18 Å². The molecule has 0 aliphatic rings. The Bertz CT molecular complexity index is 418. The number of aliphatic hydroxyl groups excluding tert-OH is 1. The predicted octanol–water partition coefficient (Wildman–Crippen LogP) is 2.26. The van der Waals surface area contributed by atoms with Crippen molar-refractivity contribution in [3.63, 3.8) is 0 Å². The number of aromatic nitrogens is 1. The molecule has 0 saturated carbocycles. The Morgan fingerprint density at radius 3 is 2.44 bits per heavy atom. The third kappa shape index (κ3) is 4.06. The maximum atomic E-state index is 12.6. The van der Waals surface area contributed by atoms with Gasteiger partial charge in [0.15, 0.2) is 0 Å². The molecular formula is C11H16F3N3O. The molecule has 0 saturated heterocycles. The number of nitrogens with zero attached hydrogens (tertiary/aromatic N) is 1. The fraction of sp³-hybridized carbons (Fsp3) is 0.545. The van der Waals surface area contributed by atoms with Crippen LogP contribution in [0.3, 0.4) is 0 Å². The molecule has 0 spiro atoms. The zero-order chi connectivity index (χ0) is 14.0. The first kappa shape index (κ1) is 14.6. The maximum absolute atomic E-state index is 12.6. The Kier molecular flexibility index (Phi) is 4.05. The highest BCUT2D eigenvalue weighted by molar-refractivity contribution is 5.48. The normalized spacial score (nSPS) is 12.6. The van der Waals surface area contributed by atoms with Crippen molar-refractivity contribution in [3.8, 4) is 0 Å². The summed E-state index contributed by atoms with van der Waals surface area (Å²) in [6.45, 7) is 3.43. The molecule has 0 aliphatic heterocycles. The monoisotopic (exact) mass is 263 g/mol. The van der Waals surface area contributed by atoms with Crippen molar-refractivity contribution >= 4 is 11.6 Å². The van der Waals surface area contributed by atoms with Crippen LogP contribution in [0.4, 0.5) is 24.8 Å². The topological polar surface area (TPSA) is 71.2 Å². The lowest BCUT2D eigenvalue weighted by molar-refractivity contribution is -0.137. The number of aliphatic hydroxyl groups is 1. The molecule has 1 rings (SSSR count). The number of hydrogen-bond acceptors (Lipinski definition) is 4. The van der Waals surface area contributed by atoms with E-state index in [9.17, 15) is 13.2 Å². The van der Waals surface area contributed by atoms with E-state index in [0.29, 0.717) is 6.42 Å². The molecule has 0 amide bonds. The lowest BCUT2D eigenvalue weighted by atomic mass is 10.0. The van der Waals surface area contributed by atoms with Gasteiger partial charge in [-0.3, -0.25) is 0 Å². The number of alkyl halides is 3. The van der Waals surface area contributed by atoms with Crippen LogP contribution in [0, 0.1) is 0 Å². The first-order chi connectivity index (χ1) is 8.14. The lowest BCUT2D eigenvalue weighted by Gasteiger charge is -2.26. The van der Waals surface area contributed by atoms with Crippen LogP contribution in [0.5, 0.6) is 0 Å². The standard InChI is InChI=1S/C11H16F3N3O/c1-10(2,3-4-18)17-9-6-7(11(12,13)14)5-8(15)16-9/h5-6,18H,3-4H2,1-2H3,(H3,15,16,17). The Morgan fingerprint density at radius 2 is 1.94 bits per heavy atom. The molecule has 0 fully saturated rings. The van der Waals surface area contributed by atoms with Gasteiger partial charge in [0, 0.05) is 12.1 Å². The minimum absolute atomic E-state index is 0.0424. The second-order valence-electron chi connectivity index (χ2n) is 4.65. The minimum Gasteiger partial charge on any atom is -0.396 e. The van der Waals surface area contributed by atoms with Crippen molar-refractivity contribution in [3.05, 3.63) is 17.7 Å². The van der Waals surface area contributed by atoms with Crippen molar-refractivity contribution in [2.45, 2.75) is 32.0 Å². The molecule has 4 nitrogen and oxygen atoms in total. The first-order valence-corrected chi connectivity index (χ1v) is 5.38. The van der Waals surface area contributed by atoms with Gasteiger partial charge in [0.2, 0.25) is 0 Å². The summed E-state index contributed by atoms with van der Waals surface area (Å²) in [6, 6.07) is 1.68. The van der Waals surface area contributed by atoms with Gasteiger partial charge in [-0.05, 0) is 32.4 Å². The van der Waals surface area contributed by atoms with Gasteiger partial charge in [0.25, 0.3) is 0 Å². The van der Waals surface area contributed by atoms with E-state index in [2.05, 4.69) is 10.3 Å². The Balaban J connectivity index is 3.00. The third-order valence-electron chi connectivity index (χ3n) is 2.38. The molecule has 1 aromatic rings. The quantitative estimate of drug-likeness (QED) is 0.779. The number of anilines is 2. The minimum atomic E-state index is -4.46. The summed E-state index contributed by atoms with van der Waals surface area (Å²) in [4.78, 5) is 3.80. The van der Waals surface area contributed by atoms with Crippen molar-refractivity contribution in [2.24, 2.45) is 0 Å². The Morgan fingerprint density at radius 1 is 1.33 bits per heavy atom. The van der Waals surface area contributed by atoms with Crippen LogP contribution in [0.15, 0.2) is 12.1 Å². The summed E-state index contributed by atoms with van der Waals surface area (Å²) in [5.41, 5.74) is 3.93. The largest absolute Gasteiger partial charge is 0.416 e. The molecular weight excluding hydrogens is 247 g/mol. The molecule has 0 radical (unpaired) electrons. The van der Waals surface area contributed by atoms with Gasteiger partial charge in [-0.25, -0.2) is 4.98 Å². The zero-order valence-electron chi connectivity index (χ0n) is 10.2. The SMILES string of the molecule is CC(C)(CCO)Nc1cc(C(F)(F)F)cc(N)n1. The first-order valence-electron chi connectivity index (χ1n) is 5.38. The van der Waals surface area contributed by atoms with Crippen LogP contribution in [0.25, 0.3) is 0 Å². The summed E-state index contributed by atoms with van der Waals surface area (Å²) in [5.74, 6) is -0.159. The maximum Gasteiger partial charge on any atom is 0.416 e. The van der Waals surface area contributed by atoms with Crippen LogP contribution in [-0.2, 0) is 6.18 Å². The number of halogens is 3. The summed E-state index contributed by atoms with van der Waals surface area (Å²) in [7, 11) is 0. The zero-order valence-corrected chi connectivity index (χ0v) is 10.2. The third-order valence-corrected chi connectivity index (χ3v) is 2.38. The highest BCUT2D eigenvalue weighted by Gasteiger charge is 2.32. The Hall–Kier alpha value is -1.50. The number of rotatable bonds is 4.